The topological polar surface area (TPSA) is 58.6 Å². The highest BCUT2D eigenvalue weighted by Gasteiger charge is 2.51. The molecule has 2 bridgehead atoms. The van der Waals surface area contributed by atoms with Crippen molar-refractivity contribution in [1.29, 1.82) is 0 Å². The summed E-state index contributed by atoms with van der Waals surface area (Å²) in [6.45, 7) is 5.95. The fourth-order valence-corrected chi connectivity index (χ4v) is 4.66. The van der Waals surface area contributed by atoms with Gasteiger partial charge in [0.15, 0.2) is 0 Å². The summed E-state index contributed by atoms with van der Waals surface area (Å²) in [7, 11) is 1.88. The molecule has 2 aliphatic carbocycles. The van der Waals surface area contributed by atoms with E-state index < -0.39 is 22.8 Å². The lowest BCUT2D eigenvalue weighted by atomic mass is 9.66. The van der Waals surface area contributed by atoms with E-state index in [-0.39, 0.29) is 11.7 Å². The van der Waals surface area contributed by atoms with Crippen LogP contribution < -0.4 is 10.1 Å². The Morgan fingerprint density at radius 3 is 2.73 bits per heavy atom. The first-order chi connectivity index (χ1) is 12.1. The predicted molar refractivity (Wildman–Crippen MR) is 98.3 cm³/mol. The van der Waals surface area contributed by atoms with Gasteiger partial charge in [0.2, 0.25) is 0 Å². The van der Waals surface area contributed by atoms with Gasteiger partial charge in [0.05, 0.1) is 11.0 Å². The molecule has 0 radical (unpaired) electrons. The van der Waals surface area contributed by atoms with Crippen LogP contribution in [0.25, 0.3) is 0 Å². The van der Waals surface area contributed by atoms with Gasteiger partial charge in [-0.15, -0.1) is 0 Å². The standard InChI is InChI=1S/C21H30FNO3/c1-20(2,3)19(24)26-17-9-15(8-16(22)10-17)21(25)11-13-5-6-14(7-13)18(21)12-23-4/h8-10,13-14,18,23,25H,5-7,11-12H2,1-4H3/t13-,14+,18-,21-/m0/s1. The zero-order valence-electron chi connectivity index (χ0n) is 16.1. The van der Waals surface area contributed by atoms with E-state index in [9.17, 15) is 14.3 Å². The summed E-state index contributed by atoms with van der Waals surface area (Å²) >= 11 is 0. The number of hydrogen-bond acceptors (Lipinski definition) is 4. The minimum atomic E-state index is -1.10. The monoisotopic (exact) mass is 363 g/mol. The second-order valence-electron chi connectivity index (χ2n) is 9.05. The molecule has 1 aromatic carbocycles. The highest BCUT2D eigenvalue weighted by molar-refractivity contribution is 5.77. The van der Waals surface area contributed by atoms with Gasteiger partial charge < -0.3 is 15.2 Å². The summed E-state index contributed by atoms with van der Waals surface area (Å²) in [6, 6.07) is 4.24. The molecular weight excluding hydrogens is 333 g/mol. The molecule has 0 aromatic heterocycles. The van der Waals surface area contributed by atoms with Gasteiger partial charge >= 0.3 is 5.97 Å². The fourth-order valence-electron chi connectivity index (χ4n) is 4.66. The van der Waals surface area contributed by atoms with Gasteiger partial charge in [0, 0.05) is 18.5 Å². The Bertz CT molecular complexity index is 684. The molecule has 4 nitrogen and oxygen atoms in total. The molecular formula is C21H30FNO3. The van der Waals surface area contributed by atoms with Crippen LogP contribution >= 0.6 is 0 Å². The van der Waals surface area contributed by atoms with E-state index in [0.717, 1.165) is 19.3 Å². The van der Waals surface area contributed by atoms with Gasteiger partial charge in [-0.2, -0.15) is 0 Å². The number of esters is 1. The van der Waals surface area contributed by atoms with E-state index in [0.29, 0.717) is 30.4 Å². The molecule has 2 fully saturated rings. The van der Waals surface area contributed by atoms with E-state index in [2.05, 4.69) is 5.32 Å². The molecule has 3 rings (SSSR count). The molecule has 5 heteroatoms. The van der Waals surface area contributed by atoms with Crippen molar-refractivity contribution in [1.82, 2.24) is 5.32 Å². The van der Waals surface area contributed by atoms with Crippen LogP contribution in [0.15, 0.2) is 18.2 Å². The van der Waals surface area contributed by atoms with Crippen LogP contribution in [0.3, 0.4) is 0 Å². The van der Waals surface area contributed by atoms with Crippen molar-refractivity contribution in [3.63, 3.8) is 0 Å². The van der Waals surface area contributed by atoms with Gasteiger partial charge in [-0.3, -0.25) is 4.79 Å². The average molecular weight is 363 g/mol. The average Bonchev–Trinajstić information content (AvgIpc) is 2.93. The van der Waals surface area contributed by atoms with Crippen molar-refractivity contribution >= 4 is 5.97 Å². The third-order valence-corrected chi connectivity index (χ3v) is 5.98. The Labute approximate surface area is 155 Å². The van der Waals surface area contributed by atoms with Gasteiger partial charge in [-0.25, -0.2) is 4.39 Å². The molecule has 26 heavy (non-hydrogen) atoms. The van der Waals surface area contributed by atoms with Crippen molar-refractivity contribution in [3.8, 4) is 5.75 Å². The van der Waals surface area contributed by atoms with Crippen molar-refractivity contribution in [2.24, 2.45) is 23.2 Å². The second-order valence-corrected chi connectivity index (χ2v) is 9.05. The first-order valence-electron chi connectivity index (χ1n) is 9.54. The molecule has 2 N–H and O–H groups in total. The van der Waals surface area contributed by atoms with E-state index in [1.165, 1.54) is 12.1 Å². The Morgan fingerprint density at radius 2 is 2.08 bits per heavy atom. The van der Waals surface area contributed by atoms with Crippen LogP contribution in [0.2, 0.25) is 0 Å². The molecule has 0 saturated heterocycles. The number of aliphatic hydroxyl groups is 1. The van der Waals surface area contributed by atoms with E-state index in [4.69, 9.17) is 4.74 Å². The number of ether oxygens (including phenoxy) is 1. The summed E-state index contributed by atoms with van der Waals surface area (Å²) in [5, 5.41) is 14.8. The number of halogens is 1. The lowest BCUT2D eigenvalue weighted by Gasteiger charge is -2.44. The van der Waals surface area contributed by atoms with Crippen LogP contribution in [0, 0.1) is 29.0 Å². The van der Waals surface area contributed by atoms with Crippen LogP contribution in [0.4, 0.5) is 4.39 Å². The quantitative estimate of drug-likeness (QED) is 0.634. The number of nitrogens with one attached hydrogen (secondary N) is 1. The molecule has 4 atom stereocenters. The molecule has 0 amide bonds. The molecule has 144 valence electrons. The first-order valence-corrected chi connectivity index (χ1v) is 9.54. The SMILES string of the molecule is CNC[C@H]1[C@@H]2CC[C@@H](C2)C[C@]1(O)c1cc(F)cc(OC(=O)C(C)(C)C)c1. The second kappa shape index (κ2) is 6.93. The predicted octanol–water partition coefficient (Wildman–Crippen LogP) is 3.62. The molecule has 2 aliphatic rings. The number of rotatable bonds is 4. The maximum absolute atomic E-state index is 14.3. The highest BCUT2D eigenvalue weighted by Crippen LogP contribution is 2.54. The normalized spacial score (nSPS) is 31.1. The summed E-state index contributed by atoms with van der Waals surface area (Å²) < 4.78 is 19.7. The van der Waals surface area contributed by atoms with Crippen LogP contribution in [-0.4, -0.2) is 24.7 Å². The number of benzene rings is 1. The van der Waals surface area contributed by atoms with Gasteiger partial charge in [-0.05, 0) is 76.6 Å². The van der Waals surface area contributed by atoms with Gasteiger partial charge in [0.25, 0.3) is 0 Å². The number of hydrogen-bond donors (Lipinski definition) is 2. The van der Waals surface area contributed by atoms with Crippen molar-refractivity contribution in [2.45, 2.75) is 52.1 Å². The Balaban J connectivity index is 1.95. The van der Waals surface area contributed by atoms with E-state index in [1.54, 1.807) is 26.8 Å². The fraction of sp³-hybridized carbons (Fsp3) is 0.667. The smallest absolute Gasteiger partial charge is 0.316 e. The largest absolute Gasteiger partial charge is 0.426 e. The van der Waals surface area contributed by atoms with Crippen LogP contribution in [0.1, 0.15) is 52.0 Å². The maximum Gasteiger partial charge on any atom is 0.316 e. The Morgan fingerprint density at radius 1 is 1.35 bits per heavy atom. The van der Waals surface area contributed by atoms with Crippen molar-refractivity contribution in [3.05, 3.63) is 29.6 Å². The minimum Gasteiger partial charge on any atom is -0.426 e. The maximum atomic E-state index is 14.3. The molecule has 0 unspecified atom stereocenters. The minimum absolute atomic E-state index is 0.0271. The molecule has 0 aliphatic heterocycles. The van der Waals surface area contributed by atoms with Gasteiger partial charge in [-0.1, -0.05) is 6.42 Å². The third-order valence-electron chi connectivity index (χ3n) is 5.98. The lowest BCUT2D eigenvalue weighted by Crippen LogP contribution is -2.47. The molecule has 0 spiro atoms. The Hall–Kier alpha value is -1.46. The number of carbonyl (C=O) groups excluding carboxylic acids is 1. The molecule has 2 saturated carbocycles. The summed E-state index contributed by atoms with van der Waals surface area (Å²) in [5.74, 6) is 0.191. The Kier molecular flexibility index (Phi) is 5.15. The summed E-state index contributed by atoms with van der Waals surface area (Å²) in [5.41, 5.74) is -1.26. The zero-order chi connectivity index (χ0) is 19.1. The van der Waals surface area contributed by atoms with Crippen molar-refractivity contribution in [2.75, 3.05) is 13.6 Å². The highest BCUT2D eigenvalue weighted by atomic mass is 19.1. The van der Waals surface area contributed by atoms with E-state index in [1.807, 2.05) is 7.05 Å². The number of fused-ring (bicyclic) bond motifs is 2. The molecule has 0 heterocycles. The summed E-state index contributed by atoms with van der Waals surface area (Å²) in [4.78, 5) is 12.2. The summed E-state index contributed by atoms with van der Waals surface area (Å²) in [6.07, 6.45) is 4.00. The van der Waals surface area contributed by atoms with Crippen LogP contribution in [0.5, 0.6) is 5.75 Å². The van der Waals surface area contributed by atoms with Gasteiger partial charge in [0.1, 0.15) is 11.6 Å². The molecule has 1 aromatic rings. The third kappa shape index (κ3) is 3.65. The zero-order valence-corrected chi connectivity index (χ0v) is 16.1. The van der Waals surface area contributed by atoms with E-state index >= 15 is 0 Å². The van der Waals surface area contributed by atoms with Crippen molar-refractivity contribution < 1.29 is 19.0 Å². The van der Waals surface area contributed by atoms with Crippen LogP contribution in [-0.2, 0) is 10.4 Å². The number of carbonyl (C=O) groups is 1. The lowest BCUT2D eigenvalue weighted by molar-refractivity contribution is -0.143. The first kappa shape index (κ1) is 19.3.